The van der Waals surface area contributed by atoms with E-state index >= 15 is 0 Å². The van der Waals surface area contributed by atoms with Crippen molar-refractivity contribution in [2.45, 2.75) is 130 Å². The lowest BCUT2D eigenvalue weighted by atomic mass is 9.59. The van der Waals surface area contributed by atoms with Gasteiger partial charge in [-0.05, 0) is 50.7 Å². The monoisotopic (exact) mass is 600 g/mol. The molecule has 0 amide bonds. The molecule has 0 heterocycles. The standard InChI is InChI=1S/C35H52O8/c1-8-10-11-12-13-14-15-16-26(37)43-34-19-23(5)33-18-22(4)30(42-31(40)21(3)9-2)35(33,41)28(38)24(20-36)17-25(29(33)39)27(34)32(34,6)7/h9,17-18,23,25,27-28,30,36,38,41H,8,10-16,19-20H2,1-7H3/b21-9-/t23?,25-,27+,28+,30-,33?,34-,35-/m0/s1. The first-order chi connectivity index (χ1) is 20.2. The van der Waals surface area contributed by atoms with E-state index in [0.717, 1.165) is 25.7 Å². The molecule has 0 radical (unpaired) electrons. The molecule has 8 heteroatoms. The van der Waals surface area contributed by atoms with Crippen LogP contribution in [0.15, 0.2) is 34.9 Å². The number of allylic oxidation sites excluding steroid dienone is 2. The molecule has 2 saturated carbocycles. The summed E-state index contributed by atoms with van der Waals surface area (Å²) in [6, 6.07) is 0. The van der Waals surface area contributed by atoms with Crippen LogP contribution in [-0.4, -0.2) is 63.1 Å². The Hall–Kier alpha value is -2.29. The number of carbonyl (C=O) groups excluding carboxylic acids is 3. The lowest BCUT2D eigenvalue weighted by Gasteiger charge is -2.49. The van der Waals surface area contributed by atoms with Crippen molar-refractivity contribution in [3.05, 3.63) is 34.9 Å². The molecule has 43 heavy (non-hydrogen) atoms. The zero-order valence-corrected chi connectivity index (χ0v) is 27.1. The molecule has 8 atom stereocenters. The molecule has 0 aromatic carbocycles. The Bertz CT molecular complexity index is 1210. The minimum Gasteiger partial charge on any atom is -0.458 e. The van der Waals surface area contributed by atoms with Gasteiger partial charge in [0.05, 0.1) is 12.0 Å². The summed E-state index contributed by atoms with van der Waals surface area (Å²) in [4.78, 5) is 41.0. The van der Waals surface area contributed by atoms with Gasteiger partial charge in [-0.15, -0.1) is 0 Å². The maximum absolute atomic E-state index is 14.8. The van der Waals surface area contributed by atoms with Crippen LogP contribution in [0.25, 0.3) is 0 Å². The van der Waals surface area contributed by atoms with E-state index in [1.165, 1.54) is 19.3 Å². The summed E-state index contributed by atoms with van der Waals surface area (Å²) in [5.41, 5.74) is -4.52. The lowest BCUT2D eigenvalue weighted by molar-refractivity contribution is -0.203. The SMILES string of the molecule is C/C=C(/C)C(=O)O[C@H]1C(C)=CC23C(=O)[C@@H](C=C(CO)[C@@H](O)[C@]12O)[C@@H]1C(C)(C)[C@]1(OC(=O)CCCCCCCCC)CC3C. The molecule has 4 aliphatic carbocycles. The van der Waals surface area contributed by atoms with Gasteiger partial charge in [-0.1, -0.05) is 84.4 Å². The summed E-state index contributed by atoms with van der Waals surface area (Å²) in [5, 5.41) is 34.7. The minimum atomic E-state index is -2.26. The smallest absolute Gasteiger partial charge is 0.334 e. The van der Waals surface area contributed by atoms with Crippen LogP contribution >= 0.6 is 0 Å². The second-order valence-corrected chi connectivity index (χ2v) is 14.1. The molecular weight excluding hydrogens is 548 g/mol. The van der Waals surface area contributed by atoms with Crippen molar-refractivity contribution in [1.82, 2.24) is 0 Å². The van der Waals surface area contributed by atoms with Gasteiger partial charge < -0.3 is 24.8 Å². The van der Waals surface area contributed by atoms with Gasteiger partial charge in [0, 0.05) is 29.2 Å². The fraction of sp³-hybridized carbons (Fsp3) is 0.743. The highest BCUT2D eigenvalue weighted by molar-refractivity contribution is 5.96. The largest absolute Gasteiger partial charge is 0.458 e. The lowest BCUT2D eigenvalue weighted by Crippen LogP contribution is -2.66. The maximum Gasteiger partial charge on any atom is 0.334 e. The van der Waals surface area contributed by atoms with Crippen LogP contribution in [0, 0.1) is 28.6 Å². The first-order valence-corrected chi connectivity index (χ1v) is 16.2. The van der Waals surface area contributed by atoms with Gasteiger partial charge in [0.25, 0.3) is 0 Å². The first kappa shape index (κ1) is 33.6. The molecule has 4 rings (SSSR count). The number of aliphatic hydroxyl groups is 3. The highest BCUT2D eigenvalue weighted by Crippen LogP contribution is 2.75. The average molecular weight is 601 g/mol. The van der Waals surface area contributed by atoms with E-state index in [4.69, 9.17) is 9.47 Å². The third kappa shape index (κ3) is 5.05. The fourth-order valence-electron chi connectivity index (χ4n) is 8.69. The van der Waals surface area contributed by atoms with Crippen molar-refractivity contribution in [3.63, 3.8) is 0 Å². The molecule has 240 valence electrons. The Labute approximate surface area is 256 Å². The first-order valence-electron chi connectivity index (χ1n) is 16.2. The van der Waals surface area contributed by atoms with E-state index in [-0.39, 0.29) is 17.3 Å². The number of rotatable bonds is 12. The Morgan fingerprint density at radius 1 is 1.12 bits per heavy atom. The van der Waals surface area contributed by atoms with E-state index in [2.05, 4.69) is 6.92 Å². The number of aliphatic hydroxyl groups excluding tert-OH is 2. The molecule has 2 fully saturated rings. The molecule has 3 N–H and O–H groups in total. The number of esters is 2. The fourth-order valence-corrected chi connectivity index (χ4v) is 8.69. The summed E-state index contributed by atoms with van der Waals surface area (Å²) in [7, 11) is 0. The third-order valence-corrected chi connectivity index (χ3v) is 11.3. The number of unbranched alkanes of at least 4 members (excludes halogenated alkanes) is 6. The Kier molecular flexibility index (Phi) is 9.57. The van der Waals surface area contributed by atoms with E-state index in [0.29, 0.717) is 24.0 Å². The van der Waals surface area contributed by atoms with E-state index in [1.54, 1.807) is 39.0 Å². The van der Waals surface area contributed by atoms with Crippen molar-refractivity contribution in [1.29, 1.82) is 0 Å². The molecule has 1 spiro atoms. The van der Waals surface area contributed by atoms with Crippen LogP contribution in [0.5, 0.6) is 0 Å². The van der Waals surface area contributed by atoms with E-state index < -0.39 is 64.6 Å². The zero-order valence-electron chi connectivity index (χ0n) is 27.1. The van der Waals surface area contributed by atoms with Crippen molar-refractivity contribution in [3.8, 4) is 0 Å². The zero-order chi connectivity index (χ0) is 32.0. The van der Waals surface area contributed by atoms with Crippen molar-refractivity contribution < 1.29 is 39.2 Å². The topological polar surface area (TPSA) is 130 Å². The highest BCUT2D eigenvalue weighted by Gasteiger charge is 2.83. The van der Waals surface area contributed by atoms with Crippen molar-refractivity contribution in [2.75, 3.05) is 6.61 Å². The van der Waals surface area contributed by atoms with Crippen LogP contribution in [-0.2, 0) is 23.9 Å². The predicted molar refractivity (Wildman–Crippen MR) is 163 cm³/mol. The Morgan fingerprint density at radius 2 is 1.74 bits per heavy atom. The molecule has 4 aliphatic rings. The Balaban J connectivity index is 1.69. The van der Waals surface area contributed by atoms with Crippen molar-refractivity contribution in [2.24, 2.45) is 28.6 Å². The second kappa shape index (κ2) is 12.2. The molecule has 2 unspecified atom stereocenters. The number of ether oxygens (including phenoxy) is 2. The number of hydrogen-bond acceptors (Lipinski definition) is 8. The molecular formula is C35H52O8. The van der Waals surface area contributed by atoms with Gasteiger partial charge in [-0.3, -0.25) is 9.59 Å². The number of hydrogen-bond donors (Lipinski definition) is 3. The summed E-state index contributed by atoms with van der Waals surface area (Å²) < 4.78 is 12.2. The summed E-state index contributed by atoms with van der Waals surface area (Å²) >= 11 is 0. The normalized spacial score (nSPS) is 37.8. The van der Waals surface area contributed by atoms with Gasteiger partial charge in [-0.2, -0.15) is 0 Å². The second-order valence-electron chi connectivity index (χ2n) is 14.1. The molecule has 0 saturated heterocycles. The number of Topliss-reactive ketones (excluding diaryl/α,β-unsaturated/α-hetero) is 1. The number of fused-ring (bicyclic) bond motifs is 3. The summed E-state index contributed by atoms with van der Waals surface area (Å²) in [6.45, 7) is 12.4. The van der Waals surface area contributed by atoms with E-state index in [1.807, 2.05) is 20.8 Å². The van der Waals surface area contributed by atoms with Gasteiger partial charge >= 0.3 is 11.9 Å². The van der Waals surface area contributed by atoms with Gasteiger partial charge in [0.1, 0.15) is 11.7 Å². The number of ketones is 1. The van der Waals surface area contributed by atoms with Gasteiger partial charge in [0.15, 0.2) is 17.5 Å². The quantitative estimate of drug-likeness (QED) is 0.122. The van der Waals surface area contributed by atoms with E-state index in [9.17, 15) is 29.7 Å². The minimum absolute atomic E-state index is 0.0923. The molecule has 0 aliphatic heterocycles. The Morgan fingerprint density at radius 3 is 2.35 bits per heavy atom. The maximum atomic E-state index is 14.8. The average Bonchev–Trinajstić information content (AvgIpc) is 3.36. The highest BCUT2D eigenvalue weighted by atomic mass is 16.6. The molecule has 0 aromatic rings. The molecule has 0 aromatic heterocycles. The number of carbonyl (C=O) groups is 3. The van der Waals surface area contributed by atoms with Crippen LogP contribution in [0.1, 0.15) is 106 Å². The predicted octanol–water partition coefficient (Wildman–Crippen LogP) is 5.14. The third-order valence-electron chi connectivity index (χ3n) is 11.3. The molecule has 2 bridgehead atoms. The van der Waals surface area contributed by atoms with Crippen LogP contribution in [0.4, 0.5) is 0 Å². The van der Waals surface area contributed by atoms with Crippen LogP contribution in [0.3, 0.4) is 0 Å². The van der Waals surface area contributed by atoms with Crippen LogP contribution < -0.4 is 0 Å². The summed E-state index contributed by atoms with van der Waals surface area (Å²) in [6.07, 6.45) is 10.0. The summed E-state index contributed by atoms with van der Waals surface area (Å²) in [5.74, 6) is -3.08. The van der Waals surface area contributed by atoms with Crippen molar-refractivity contribution >= 4 is 17.7 Å². The molecule has 8 nitrogen and oxygen atoms in total. The van der Waals surface area contributed by atoms with Crippen LogP contribution in [0.2, 0.25) is 0 Å². The van der Waals surface area contributed by atoms with Gasteiger partial charge in [-0.25, -0.2) is 4.79 Å². The van der Waals surface area contributed by atoms with Gasteiger partial charge in [0.2, 0.25) is 0 Å².